The number of amides is 1. The first kappa shape index (κ1) is 13.6. The SMILES string of the molecule is CCSCC[C@@H](C)NC(=O)C[C@@H]1C=CCC1. The molecular formula is C13H23NOS. The van der Waals surface area contributed by atoms with Gasteiger partial charge in [-0.3, -0.25) is 4.79 Å². The fourth-order valence-corrected chi connectivity index (χ4v) is 2.72. The van der Waals surface area contributed by atoms with Gasteiger partial charge in [0.2, 0.25) is 5.91 Å². The smallest absolute Gasteiger partial charge is 0.220 e. The number of nitrogens with one attached hydrogen (secondary N) is 1. The third-order valence-electron chi connectivity index (χ3n) is 2.87. The molecule has 1 aliphatic carbocycles. The Morgan fingerprint density at radius 2 is 2.44 bits per heavy atom. The minimum absolute atomic E-state index is 0.213. The molecule has 1 amide bonds. The molecule has 92 valence electrons. The van der Waals surface area contributed by atoms with E-state index in [1.54, 1.807) is 0 Å². The number of allylic oxidation sites excluding steroid dienone is 2. The Labute approximate surface area is 103 Å². The summed E-state index contributed by atoms with van der Waals surface area (Å²) in [6.07, 6.45) is 8.39. The molecule has 2 atom stereocenters. The quantitative estimate of drug-likeness (QED) is 0.548. The lowest BCUT2D eigenvalue weighted by molar-refractivity contribution is -0.122. The highest BCUT2D eigenvalue weighted by Crippen LogP contribution is 2.20. The molecule has 3 heteroatoms. The van der Waals surface area contributed by atoms with Crippen molar-refractivity contribution < 1.29 is 4.79 Å². The lowest BCUT2D eigenvalue weighted by atomic mass is 10.0. The van der Waals surface area contributed by atoms with Crippen molar-refractivity contribution in [1.29, 1.82) is 0 Å². The summed E-state index contributed by atoms with van der Waals surface area (Å²) in [6, 6.07) is 0.317. The first-order chi connectivity index (χ1) is 7.72. The maximum Gasteiger partial charge on any atom is 0.220 e. The first-order valence-electron chi connectivity index (χ1n) is 6.26. The van der Waals surface area contributed by atoms with Crippen LogP contribution < -0.4 is 5.32 Å². The van der Waals surface area contributed by atoms with Crippen LogP contribution in [0.5, 0.6) is 0 Å². The molecule has 0 radical (unpaired) electrons. The number of carbonyl (C=O) groups is 1. The number of hydrogen-bond acceptors (Lipinski definition) is 2. The van der Waals surface area contributed by atoms with E-state index in [1.165, 1.54) is 0 Å². The van der Waals surface area contributed by atoms with Crippen LogP contribution in [0.1, 0.15) is 39.5 Å². The predicted molar refractivity (Wildman–Crippen MR) is 71.7 cm³/mol. The summed E-state index contributed by atoms with van der Waals surface area (Å²) in [7, 11) is 0. The van der Waals surface area contributed by atoms with Crippen molar-refractivity contribution in [3.8, 4) is 0 Å². The summed E-state index contributed by atoms with van der Waals surface area (Å²) < 4.78 is 0. The van der Waals surface area contributed by atoms with E-state index >= 15 is 0 Å². The molecule has 0 aromatic heterocycles. The zero-order chi connectivity index (χ0) is 11.8. The Kier molecular flexibility index (Phi) is 6.62. The van der Waals surface area contributed by atoms with Gasteiger partial charge in [0, 0.05) is 12.5 Å². The molecule has 0 aliphatic heterocycles. The molecule has 1 rings (SSSR count). The van der Waals surface area contributed by atoms with E-state index in [4.69, 9.17) is 0 Å². The van der Waals surface area contributed by atoms with Crippen LogP contribution >= 0.6 is 11.8 Å². The Balaban J connectivity index is 2.10. The van der Waals surface area contributed by atoms with E-state index in [0.717, 1.165) is 30.8 Å². The van der Waals surface area contributed by atoms with Crippen molar-refractivity contribution >= 4 is 17.7 Å². The molecule has 2 nitrogen and oxygen atoms in total. The molecule has 0 saturated carbocycles. The summed E-state index contributed by atoms with van der Waals surface area (Å²) in [5, 5.41) is 3.08. The van der Waals surface area contributed by atoms with E-state index in [1.807, 2.05) is 11.8 Å². The number of carbonyl (C=O) groups excluding carboxylic acids is 1. The lowest BCUT2D eigenvalue weighted by Gasteiger charge is -2.15. The van der Waals surface area contributed by atoms with E-state index in [2.05, 4.69) is 31.3 Å². The number of hydrogen-bond donors (Lipinski definition) is 1. The Morgan fingerprint density at radius 1 is 1.62 bits per heavy atom. The third-order valence-corrected chi connectivity index (χ3v) is 3.80. The highest BCUT2D eigenvalue weighted by atomic mass is 32.2. The molecule has 0 aromatic rings. The molecule has 0 saturated heterocycles. The van der Waals surface area contributed by atoms with Crippen molar-refractivity contribution in [2.75, 3.05) is 11.5 Å². The molecule has 0 unspecified atom stereocenters. The molecule has 1 N–H and O–H groups in total. The minimum Gasteiger partial charge on any atom is -0.354 e. The first-order valence-corrected chi connectivity index (χ1v) is 7.41. The molecule has 0 spiro atoms. The van der Waals surface area contributed by atoms with E-state index in [0.29, 0.717) is 18.4 Å². The van der Waals surface area contributed by atoms with Crippen molar-refractivity contribution in [2.24, 2.45) is 5.92 Å². The van der Waals surface area contributed by atoms with Gasteiger partial charge in [-0.1, -0.05) is 19.1 Å². The van der Waals surface area contributed by atoms with E-state index < -0.39 is 0 Å². The van der Waals surface area contributed by atoms with E-state index in [-0.39, 0.29) is 5.91 Å². The molecule has 0 fully saturated rings. The highest BCUT2D eigenvalue weighted by molar-refractivity contribution is 7.99. The van der Waals surface area contributed by atoms with Gasteiger partial charge in [0.25, 0.3) is 0 Å². The van der Waals surface area contributed by atoms with Crippen LogP contribution in [0.3, 0.4) is 0 Å². The lowest BCUT2D eigenvalue weighted by Crippen LogP contribution is -2.33. The summed E-state index contributed by atoms with van der Waals surface area (Å²) in [5.74, 6) is 3.00. The minimum atomic E-state index is 0.213. The molecule has 0 aromatic carbocycles. The van der Waals surface area contributed by atoms with Crippen molar-refractivity contribution in [3.63, 3.8) is 0 Å². The second-order valence-electron chi connectivity index (χ2n) is 4.42. The Bertz CT molecular complexity index is 240. The summed E-state index contributed by atoms with van der Waals surface area (Å²) in [5.41, 5.74) is 0. The largest absolute Gasteiger partial charge is 0.354 e. The number of thioether (sulfide) groups is 1. The van der Waals surface area contributed by atoms with Gasteiger partial charge in [-0.05, 0) is 43.6 Å². The maximum atomic E-state index is 11.7. The Hall–Kier alpha value is -0.440. The van der Waals surface area contributed by atoms with Crippen LogP contribution in [0.2, 0.25) is 0 Å². The van der Waals surface area contributed by atoms with Crippen molar-refractivity contribution in [2.45, 2.75) is 45.6 Å². The maximum absolute atomic E-state index is 11.7. The van der Waals surface area contributed by atoms with E-state index in [9.17, 15) is 4.79 Å². The van der Waals surface area contributed by atoms with Crippen LogP contribution in [0.25, 0.3) is 0 Å². The van der Waals surface area contributed by atoms with Gasteiger partial charge in [0.1, 0.15) is 0 Å². The van der Waals surface area contributed by atoms with Crippen LogP contribution in [0.4, 0.5) is 0 Å². The molecule has 0 heterocycles. The zero-order valence-corrected chi connectivity index (χ0v) is 11.2. The highest BCUT2D eigenvalue weighted by Gasteiger charge is 2.15. The summed E-state index contributed by atoms with van der Waals surface area (Å²) >= 11 is 1.93. The van der Waals surface area contributed by atoms with Crippen LogP contribution in [-0.2, 0) is 4.79 Å². The second kappa shape index (κ2) is 7.77. The van der Waals surface area contributed by atoms with Gasteiger partial charge >= 0.3 is 0 Å². The average molecular weight is 241 g/mol. The molecule has 1 aliphatic rings. The summed E-state index contributed by atoms with van der Waals surface area (Å²) in [4.78, 5) is 11.7. The van der Waals surface area contributed by atoms with Crippen LogP contribution in [0, 0.1) is 5.92 Å². The topological polar surface area (TPSA) is 29.1 Å². The average Bonchev–Trinajstić information content (AvgIpc) is 2.70. The monoisotopic (exact) mass is 241 g/mol. The second-order valence-corrected chi connectivity index (χ2v) is 5.82. The van der Waals surface area contributed by atoms with Gasteiger partial charge in [0.05, 0.1) is 0 Å². The van der Waals surface area contributed by atoms with Crippen molar-refractivity contribution in [1.82, 2.24) is 5.32 Å². The Morgan fingerprint density at radius 3 is 3.06 bits per heavy atom. The zero-order valence-electron chi connectivity index (χ0n) is 10.4. The standard InChI is InChI=1S/C13H23NOS/c1-3-16-9-8-11(2)14-13(15)10-12-6-4-5-7-12/h4,6,11-12H,3,5,7-10H2,1-2H3,(H,14,15)/t11-,12-/m1/s1. The fourth-order valence-electron chi connectivity index (χ4n) is 1.91. The van der Waals surface area contributed by atoms with Gasteiger partial charge in [-0.2, -0.15) is 11.8 Å². The normalized spacial score (nSPS) is 21.0. The molecule has 16 heavy (non-hydrogen) atoms. The third kappa shape index (κ3) is 5.59. The van der Waals surface area contributed by atoms with Crippen LogP contribution in [0.15, 0.2) is 12.2 Å². The van der Waals surface area contributed by atoms with Gasteiger partial charge in [-0.25, -0.2) is 0 Å². The van der Waals surface area contributed by atoms with Crippen molar-refractivity contribution in [3.05, 3.63) is 12.2 Å². The molecular weight excluding hydrogens is 218 g/mol. The summed E-state index contributed by atoms with van der Waals surface area (Å²) in [6.45, 7) is 4.26. The van der Waals surface area contributed by atoms with Crippen LogP contribution in [-0.4, -0.2) is 23.5 Å². The van der Waals surface area contributed by atoms with Gasteiger partial charge < -0.3 is 5.32 Å². The fraction of sp³-hybridized carbons (Fsp3) is 0.769. The van der Waals surface area contributed by atoms with Gasteiger partial charge in [0.15, 0.2) is 0 Å². The number of rotatable bonds is 7. The predicted octanol–water partition coefficient (Wildman–Crippen LogP) is 2.99. The molecule has 0 bridgehead atoms. The van der Waals surface area contributed by atoms with Gasteiger partial charge in [-0.15, -0.1) is 0 Å².